The summed E-state index contributed by atoms with van der Waals surface area (Å²) in [6.07, 6.45) is 5.43. The molecule has 2 aromatic heterocycles. The minimum atomic E-state index is 0.639. The SMILES string of the molecule is c1ccc(-n2ccc(Cn3ccnn3)n2)cc1. The van der Waals surface area contributed by atoms with E-state index in [2.05, 4.69) is 15.4 Å². The molecule has 84 valence electrons. The number of hydrogen-bond donors (Lipinski definition) is 0. The van der Waals surface area contributed by atoms with Crippen molar-refractivity contribution < 1.29 is 0 Å². The van der Waals surface area contributed by atoms with Crippen LogP contribution in [0.15, 0.2) is 55.0 Å². The fourth-order valence-corrected chi connectivity index (χ4v) is 1.65. The van der Waals surface area contributed by atoms with E-state index in [4.69, 9.17) is 0 Å². The van der Waals surface area contributed by atoms with Gasteiger partial charge in [-0.1, -0.05) is 23.4 Å². The second-order valence-corrected chi connectivity index (χ2v) is 3.69. The standard InChI is InChI=1S/C12H11N5/c1-2-4-12(5-3-1)17-8-6-11(14-17)10-16-9-7-13-15-16/h1-9H,10H2. The maximum Gasteiger partial charge on any atom is 0.0867 e. The summed E-state index contributed by atoms with van der Waals surface area (Å²) in [6, 6.07) is 12.0. The second kappa shape index (κ2) is 4.21. The predicted octanol–water partition coefficient (Wildman–Crippen LogP) is 1.51. The molecule has 0 aliphatic carbocycles. The fourth-order valence-electron chi connectivity index (χ4n) is 1.65. The van der Waals surface area contributed by atoms with Gasteiger partial charge in [0.05, 0.1) is 24.1 Å². The minimum absolute atomic E-state index is 0.639. The van der Waals surface area contributed by atoms with Crippen LogP contribution in [-0.2, 0) is 6.54 Å². The predicted molar refractivity (Wildman–Crippen MR) is 62.7 cm³/mol. The molecule has 0 saturated heterocycles. The van der Waals surface area contributed by atoms with Gasteiger partial charge >= 0.3 is 0 Å². The summed E-state index contributed by atoms with van der Waals surface area (Å²) in [4.78, 5) is 0. The first kappa shape index (κ1) is 9.77. The summed E-state index contributed by atoms with van der Waals surface area (Å²) in [5.41, 5.74) is 2.01. The monoisotopic (exact) mass is 225 g/mol. The molecule has 0 fully saturated rings. The van der Waals surface area contributed by atoms with Crippen molar-refractivity contribution in [2.24, 2.45) is 0 Å². The van der Waals surface area contributed by atoms with E-state index in [0.717, 1.165) is 11.4 Å². The Hall–Kier alpha value is -2.43. The van der Waals surface area contributed by atoms with E-state index in [9.17, 15) is 0 Å². The summed E-state index contributed by atoms with van der Waals surface area (Å²) < 4.78 is 3.60. The Kier molecular flexibility index (Phi) is 2.42. The molecule has 0 unspecified atom stereocenters. The van der Waals surface area contributed by atoms with Gasteiger partial charge in [-0.2, -0.15) is 5.10 Å². The van der Waals surface area contributed by atoms with Crippen LogP contribution >= 0.6 is 0 Å². The number of para-hydroxylation sites is 1. The van der Waals surface area contributed by atoms with E-state index in [1.165, 1.54) is 0 Å². The molecule has 17 heavy (non-hydrogen) atoms. The Bertz CT molecular complexity index is 582. The van der Waals surface area contributed by atoms with Gasteiger partial charge in [0.15, 0.2) is 0 Å². The van der Waals surface area contributed by atoms with Gasteiger partial charge in [0.25, 0.3) is 0 Å². The van der Waals surface area contributed by atoms with Crippen LogP contribution in [0.3, 0.4) is 0 Å². The Morgan fingerprint density at radius 1 is 1.00 bits per heavy atom. The van der Waals surface area contributed by atoms with Crippen LogP contribution in [0.4, 0.5) is 0 Å². The van der Waals surface area contributed by atoms with E-state index in [1.807, 2.05) is 53.5 Å². The van der Waals surface area contributed by atoms with Crippen molar-refractivity contribution in [2.75, 3.05) is 0 Å². The Balaban J connectivity index is 1.84. The molecule has 0 N–H and O–H groups in total. The van der Waals surface area contributed by atoms with Crippen LogP contribution < -0.4 is 0 Å². The van der Waals surface area contributed by atoms with Gasteiger partial charge in [-0.3, -0.25) is 0 Å². The van der Waals surface area contributed by atoms with E-state index in [1.54, 1.807) is 10.9 Å². The first-order valence-electron chi connectivity index (χ1n) is 5.36. The number of nitrogens with zero attached hydrogens (tertiary/aromatic N) is 5. The Labute approximate surface area is 98.3 Å². The molecule has 0 aliphatic rings. The highest BCUT2D eigenvalue weighted by Gasteiger charge is 2.01. The van der Waals surface area contributed by atoms with Crippen LogP contribution in [-0.4, -0.2) is 24.8 Å². The summed E-state index contributed by atoms with van der Waals surface area (Å²) >= 11 is 0. The zero-order valence-corrected chi connectivity index (χ0v) is 9.14. The molecule has 3 rings (SSSR count). The third-order valence-corrected chi connectivity index (χ3v) is 2.46. The summed E-state index contributed by atoms with van der Waals surface area (Å²) in [7, 11) is 0. The number of benzene rings is 1. The molecule has 3 aromatic rings. The third-order valence-electron chi connectivity index (χ3n) is 2.46. The maximum atomic E-state index is 4.48. The average Bonchev–Trinajstić information content (AvgIpc) is 3.02. The molecule has 5 nitrogen and oxygen atoms in total. The lowest BCUT2D eigenvalue weighted by atomic mass is 10.3. The molecule has 1 aromatic carbocycles. The maximum absolute atomic E-state index is 4.48. The van der Waals surface area contributed by atoms with Crippen molar-refractivity contribution in [3.8, 4) is 5.69 Å². The molecular weight excluding hydrogens is 214 g/mol. The smallest absolute Gasteiger partial charge is 0.0867 e. The van der Waals surface area contributed by atoms with Crippen LogP contribution in [0.2, 0.25) is 0 Å². The highest BCUT2D eigenvalue weighted by atomic mass is 15.4. The Morgan fingerprint density at radius 2 is 1.88 bits per heavy atom. The van der Waals surface area contributed by atoms with Crippen molar-refractivity contribution in [3.05, 3.63) is 60.7 Å². The van der Waals surface area contributed by atoms with Crippen LogP contribution in [0.1, 0.15) is 5.69 Å². The molecule has 0 spiro atoms. The van der Waals surface area contributed by atoms with Gasteiger partial charge in [-0.05, 0) is 18.2 Å². The number of rotatable bonds is 3. The summed E-state index contributed by atoms with van der Waals surface area (Å²) in [6.45, 7) is 0.639. The zero-order valence-electron chi connectivity index (χ0n) is 9.14. The highest BCUT2D eigenvalue weighted by Crippen LogP contribution is 2.07. The minimum Gasteiger partial charge on any atom is -0.246 e. The topological polar surface area (TPSA) is 48.5 Å². The quantitative estimate of drug-likeness (QED) is 0.679. The van der Waals surface area contributed by atoms with Gasteiger partial charge in [0.2, 0.25) is 0 Å². The molecule has 5 heteroatoms. The largest absolute Gasteiger partial charge is 0.246 e. The molecule has 0 bridgehead atoms. The van der Waals surface area contributed by atoms with Crippen LogP contribution in [0, 0.1) is 0 Å². The van der Waals surface area contributed by atoms with Crippen molar-refractivity contribution in [1.29, 1.82) is 0 Å². The van der Waals surface area contributed by atoms with Gasteiger partial charge in [-0.15, -0.1) is 5.10 Å². The van der Waals surface area contributed by atoms with Crippen molar-refractivity contribution >= 4 is 0 Å². The van der Waals surface area contributed by atoms with Gasteiger partial charge in [0, 0.05) is 12.4 Å². The van der Waals surface area contributed by atoms with Crippen molar-refractivity contribution in [3.63, 3.8) is 0 Å². The molecule has 2 heterocycles. The van der Waals surface area contributed by atoms with E-state index < -0.39 is 0 Å². The fraction of sp³-hybridized carbons (Fsp3) is 0.0833. The lowest BCUT2D eigenvalue weighted by molar-refractivity contribution is 0.632. The van der Waals surface area contributed by atoms with Gasteiger partial charge < -0.3 is 0 Å². The van der Waals surface area contributed by atoms with Crippen molar-refractivity contribution in [2.45, 2.75) is 6.54 Å². The normalized spacial score (nSPS) is 10.6. The third kappa shape index (κ3) is 2.08. The average molecular weight is 225 g/mol. The lowest BCUT2D eigenvalue weighted by Crippen LogP contribution is -2.02. The van der Waals surface area contributed by atoms with Crippen LogP contribution in [0.5, 0.6) is 0 Å². The van der Waals surface area contributed by atoms with E-state index in [-0.39, 0.29) is 0 Å². The molecule has 0 saturated carbocycles. The molecule has 0 amide bonds. The Morgan fingerprint density at radius 3 is 2.65 bits per heavy atom. The number of aromatic nitrogens is 5. The summed E-state index contributed by atoms with van der Waals surface area (Å²) in [5.74, 6) is 0. The molecule has 0 aliphatic heterocycles. The van der Waals surface area contributed by atoms with Crippen LogP contribution in [0.25, 0.3) is 5.69 Å². The molecule has 0 radical (unpaired) electrons. The first-order chi connectivity index (χ1) is 8.42. The van der Waals surface area contributed by atoms with Gasteiger partial charge in [-0.25, -0.2) is 9.36 Å². The molecule has 0 atom stereocenters. The zero-order chi connectivity index (χ0) is 11.5. The van der Waals surface area contributed by atoms with Gasteiger partial charge in [0.1, 0.15) is 0 Å². The van der Waals surface area contributed by atoms with E-state index >= 15 is 0 Å². The van der Waals surface area contributed by atoms with E-state index in [0.29, 0.717) is 6.54 Å². The second-order valence-electron chi connectivity index (χ2n) is 3.69. The number of hydrogen-bond acceptors (Lipinski definition) is 3. The highest BCUT2D eigenvalue weighted by molar-refractivity contribution is 5.30. The molecular formula is C12H11N5. The first-order valence-corrected chi connectivity index (χ1v) is 5.36. The summed E-state index contributed by atoms with van der Waals surface area (Å²) in [5, 5.41) is 12.2. The lowest BCUT2D eigenvalue weighted by Gasteiger charge is -2.00. The van der Waals surface area contributed by atoms with Crippen molar-refractivity contribution in [1.82, 2.24) is 24.8 Å².